The first-order chi connectivity index (χ1) is 23.7. The molecular weight excluding hydrogens is 797 g/mol. The van der Waals surface area contributed by atoms with Gasteiger partial charge in [0.25, 0.3) is 0 Å². The third-order valence-corrected chi connectivity index (χ3v) is 5.94. The Morgan fingerprint density at radius 2 is 0.925 bits per heavy atom. The van der Waals surface area contributed by atoms with Gasteiger partial charge in [-0.2, -0.15) is 83.4 Å². The average molecular weight is 812 g/mol. The third-order valence-electron chi connectivity index (χ3n) is 5.94. The molecule has 53 heavy (non-hydrogen) atoms. The lowest BCUT2D eigenvalue weighted by Crippen LogP contribution is -2.69. The minimum atomic E-state index is -8.44. The topological polar surface area (TPSA) is 80.3 Å². The predicted octanol–water partition coefficient (Wildman–Crippen LogP) is 9.48. The van der Waals surface area contributed by atoms with Crippen LogP contribution in [0.3, 0.4) is 0 Å². The zero-order valence-electron chi connectivity index (χ0n) is 24.9. The van der Waals surface area contributed by atoms with Gasteiger partial charge in [0.15, 0.2) is 0 Å². The minimum Gasteiger partial charge on any atom is -0.493 e. The van der Waals surface area contributed by atoms with Crippen LogP contribution >= 0.6 is 0 Å². The van der Waals surface area contributed by atoms with Gasteiger partial charge in [-0.1, -0.05) is 6.08 Å². The van der Waals surface area contributed by atoms with Crippen molar-refractivity contribution in [1.29, 1.82) is 0 Å². The molecule has 2 rings (SSSR count). The Balaban J connectivity index is 2.38. The monoisotopic (exact) mass is 812 g/mol. The molecule has 2 aromatic rings. The van der Waals surface area contributed by atoms with Crippen molar-refractivity contribution in [2.45, 2.75) is 60.9 Å². The second-order valence-corrected chi connectivity index (χ2v) is 9.77. The normalized spacial score (nSPS) is 15.9. The van der Waals surface area contributed by atoms with E-state index in [4.69, 9.17) is 9.47 Å². The summed E-state index contributed by atoms with van der Waals surface area (Å²) in [6.07, 6.45) is -45.9. The van der Waals surface area contributed by atoms with Crippen molar-refractivity contribution in [3.8, 4) is 11.5 Å². The Hall–Kier alpha value is -4.49. The molecule has 26 heteroatoms. The SMILES string of the molecule is C=CCCOc1ccc(C(=O)Oc2ccc(C(=O)OC(F)(F)C(F)(OC(F)(F)C(F)(OC(F)(F)C(F)(F)C(F)(F)F)C(F)(F)F)C(F)(F)F)cc2)cc1. The molecule has 2 atom stereocenters. The molecule has 0 aliphatic rings. The molecule has 298 valence electrons. The summed E-state index contributed by atoms with van der Waals surface area (Å²) in [6.45, 7) is 3.69. The Labute approximate surface area is 280 Å². The van der Waals surface area contributed by atoms with Crippen molar-refractivity contribution >= 4 is 11.9 Å². The predicted molar refractivity (Wildman–Crippen MR) is 131 cm³/mol. The lowest BCUT2D eigenvalue weighted by molar-refractivity contribution is -0.569. The van der Waals surface area contributed by atoms with Gasteiger partial charge >= 0.3 is 66.4 Å². The fraction of sp³-hybridized carbons (Fsp3) is 0.407. The summed E-state index contributed by atoms with van der Waals surface area (Å²) in [5.74, 6) is -28.8. The van der Waals surface area contributed by atoms with E-state index in [9.17, 15) is 93.0 Å². The minimum absolute atomic E-state index is 0.154. The van der Waals surface area contributed by atoms with Crippen molar-refractivity contribution in [2.24, 2.45) is 0 Å². The van der Waals surface area contributed by atoms with E-state index in [0.717, 1.165) is 0 Å². The maximum absolute atomic E-state index is 14.7. The lowest BCUT2D eigenvalue weighted by Gasteiger charge is -2.41. The number of carbonyl (C=O) groups excluding carboxylic acids is 2. The van der Waals surface area contributed by atoms with E-state index >= 15 is 0 Å². The molecule has 0 aliphatic carbocycles. The second kappa shape index (κ2) is 14.7. The van der Waals surface area contributed by atoms with Gasteiger partial charge in [0.2, 0.25) is 0 Å². The molecule has 0 saturated carbocycles. The Morgan fingerprint density at radius 1 is 0.528 bits per heavy atom. The van der Waals surface area contributed by atoms with Crippen LogP contribution in [0, 0.1) is 0 Å². The largest absolute Gasteiger partial charge is 0.493 e. The van der Waals surface area contributed by atoms with E-state index in [-0.39, 0.29) is 24.3 Å². The first-order valence-electron chi connectivity index (χ1n) is 13.1. The van der Waals surface area contributed by atoms with Crippen LogP contribution in [0.4, 0.5) is 83.4 Å². The number of benzene rings is 2. The van der Waals surface area contributed by atoms with Crippen molar-refractivity contribution < 1.29 is 117 Å². The Kier molecular flexibility index (Phi) is 12.4. The molecule has 0 bridgehead atoms. The highest BCUT2D eigenvalue weighted by Gasteiger charge is 2.87. The number of carbonyl (C=O) groups is 2. The van der Waals surface area contributed by atoms with Crippen LogP contribution in [-0.2, 0) is 14.2 Å². The van der Waals surface area contributed by atoms with Crippen LogP contribution in [-0.4, -0.2) is 73.0 Å². The van der Waals surface area contributed by atoms with Gasteiger partial charge in [0.05, 0.1) is 17.7 Å². The van der Waals surface area contributed by atoms with Crippen LogP contribution in [0.1, 0.15) is 27.1 Å². The summed E-state index contributed by atoms with van der Waals surface area (Å²) in [5, 5.41) is 0. The van der Waals surface area contributed by atoms with Gasteiger partial charge in [0, 0.05) is 0 Å². The molecule has 0 aliphatic heterocycles. The van der Waals surface area contributed by atoms with Gasteiger partial charge in [-0.05, 0) is 55.0 Å². The number of esters is 2. The highest BCUT2D eigenvalue weighted by atomic mass is 19.4. The van der Waals surface area contributed by atoms with Gasteiger partial charge in [0.1, 0.15) is 11.5 Å². The molecule has 0 saturated heterocycles. The molecule has 0 amide bonds. The average Bonchev–Trinajstić information content (AvgIpc) is 2.99. The van der Waals surface area contributed by atoms with E-state index in [0.29, 0.717) is 24.3 Å². The summed E-state index contributed by atoms with van der Waals surface area (Å²) < 4.78 is 270. The highest BCUT2D eigenvalue weighted by molar-refractivity contribution is 5.92. The summed E-state index contributed by atoms with van der Waals surface area (Å²) in [7, 11) is 0. The summed E-state index contributed by atoms with van der Waals surface area (Å²) in [5.41, 5.74) is -1.58. The van der Waals surface area contributed by atoms with Crippen molar-refractivity contribution in [1.82, 2.24) is 0 Å². The van der Waals surface area contributed by atoms with E-state index in [2.05, 4.69) is 11.3 Å². The second-order valence-electron chi connectivity index (χ2n) is 9.77. The fourth-order valence-electron chi connectivity index (χ4n) is 3.23. The van der Waals surface area contributed by atoms with E-state index in [1.54, 1.807) is 10.8 Å². The number of alkyl halides is 19. The molecule has 0 fully saturated rings. The van der Waals surface area contributed by atoms with Gasteiger partial charge in [-0.3, -0.25) is 9.47 Å². The molecule has 7 nitrogen and oxygen atoms in total. The van der Waals surface area contributed by atoms with Gasteiger partial charge < -0.3 is 14.2 Å². The van der Waals surface area contributed by atoms with Crippen LogP contribution in [0.5, 0.6) is 11.5 Å². The molecule has 2 aromatic carbocycles. The summed E-state index contributed by atoms with van der Waals surface area (Å²) >= 11 is 0. The maximum atomic E-state index is 14.7. The summed E-state index contributed by atoms with van der Waals surface area (Å²) in [6, 6.07) is 6.56. The fourth-order valence-corrected chi connectivity index (χ4v) is 3.23. The van der Waals surface area contributed by atoms with Crippen LogP contribution in [0.2, 0.25) is 0 Å². The van der Waals surface area contributed by atoms with Gasteiger partial charge in [-0.15, -0.1) is 6.58 Å². The Bertz CT molecular complexity index is 1600. The third kappa shape index (κ3) is 9.18. The van der Waals surface area contributed by atoms with Crippen molar-refractivity contribution in [2.75, 3.05) is 6.61 Å². The molecule has 2 unspecified atom stereocenters. The smallest absolute Gasteiger partial charge is 0.471 e. The quantitative estimate of drug-likeness (QED) is 0.0583. The number of rotatable bonds is 15. The Morgan fingerprint density at radius 3 is 1.34 bits per heavy atom. The molecule has 0 N–H and O–H groups in total. The number of ether oxygens (including phenoxy) is 5. The van der Waals surface area contributed by atoms with Gasteiger partial charge in [-0.25, -0.2) is 9.59 Å². The van der Waals surface area contributed by atoms with E-state index < -0.39 is 77.7 Å². The lowest BCUT2D eigenvalue weighted by atomic mass is 10.2. The maximum Gasteiger partial charge on any atom is 0.471 e. The number of hydrogen-bond donors (Lipinski definition) is 0. The van der Waals surface area contributed by atoms with E-state index in [1.807, 2.05) is 0 Å². The molecule has 0 aromatic heterocycles. The molecule has 0 radical (unpaired) electrons. The van der Waals surface area contributed by atoms with Crippen LogP contribution in [0.25, 0.3) is 0 Å². The zero-order valence-corrected chi connectivity index (χ0v) is 24.9. The highest BCUT2D eigenvalue weighted by Crippen LogP contribution is 2.58. The first-order valence-corrected chi connectivity index (χ1v) is 13.1. The zero-order chi connectivity index (χ0) is 41.3. The van der Waals surface area contributed by atoms with Crippen LogP contribution in [0.15, 0.2) is 61.2 Å². The standard InChI is InChI=1S/C27H15F19O7/c1-2-3-12-49-15-8-4-13(5-9-15)17(47)50-16-10-6-14(7-11-16)18(48)51-26(43,44)20(30,23(35,36)37)53-27(45,46)21(31,24(38,39)40)52-25(41,42)19(28,29)22(32,33)34/h2,4-11H,1,3,12H2. The number of hydrogen-bond acceptors (Lipinski definition) is 7. The molecule has 0 heterocycles. The molecule has 0 spiro atoms. The molecular formula is C27H15F19O7. The van der Waals surface area contributed by atoms with Crippen molar-refractivity contribution in [3.05, 3.63) is 72.3 Å². The summed E-state index contributed by atoms with van der Waals surface area (Å²) in [4.78, 5) is 24.3. The van der Waals surface area contributed by atoms with E-state index in [1.165, 1.54) is 29.0 Å². The van der Waals surface area contributed by atoms with Crippen molar-refractivity contribution in [3.63, 3.8) is 0 Å². The first kappa shape index (κ1) is 44.7. The van der Waals surface area contributed by atoms with Crippen LogP contribution < -0.4 is 9.47 Å². The number of halogens is 19.